The van der Waals surface area contributed by atoms with Gasteiger partial charge in [-0.3, -0.25) is 4.90 Å². The van der Waals surface area contributed by atoms with Crippen molar-refractivity contribution in [3.63, 3.8) is 0 Å². The minimum Gasteiger partial charge on any atom is -0.313 e. The second-order valence-corrected chi connectivity index (χ2v) is 6.38. The van der Waals surface area contributed by atoms with Crippen LogP contribution in [-0.2, 0) is 6.54 Å². The van der Waals surface area contributed by atoms with Crippen molar-refractivity contribution in [1.82, 2.24) is 10.2 Å². The van der Waals surface area contributed by atoms with E-state index in [1.807, 2.05) is 0 Å². The van der Waals surface area contributed by atoms with Crippen molar-refractivity contribution in [2.24, 2.45) is 0 Å². The summed E-state index contributed by atoms with van der Waals surface area (Å²) in [5, 5.41) is 4.55. The van der Waals surface area contributed by atoms with Crippen LogP contribution in [0.25, 0.3) is 0 Å². The quantitative estimate of drug-likeness (QED) is 0.853. The number of piperidine rings is 1. The monoisotopic (exact) mass is 294 g/mol. The van der Waals surface area contributed by atoms with Gasteiger partial charge >= 0.3 is 0 Å². The van der Waals surface area contributed by atoms with E-state index in [2.05, 4.69) is 42.3 Å². The van der Waals surface area contributed by atoms with Crippen LogP contribution in [-0.4, -0.2) is 30.6 Å². The van der Waals surface area contributed by atoms with Crippen molar-refractivity contribution in [3.05, 3.63) is 34.3 Å². The molecule has 3 heteroatoms. The Kier molecular flexibility index (Phi) is 6.34. The van der Waals surface area contributed by atoms with Gasteiger partial charge in [0.1, 0.15) is 0 Å². The molecule has 1 saturated heterocycles. The van der Waals surface area contributed by atoms with E-state index >= 15 is 0 Å². The van der Waals surface area contributed by atoms with E-state index in [1.165, 1.54) is 43.4 Å². The molecule has 1 atom stereocenters. The normalized spacial score (nSPS) is 19.5. The van der Waals surface area contributed by atoms with E-state index < -0.39 is 0 Å². The van der Waals surface area contributed by atoms with Gasteiger partial charge in [-0.1, -0.05) is 37.1 Å². The van der Waals surface area contributed by atoms with Crippen molar-refractivity contribution >= 4 is 11.6 Å². The van der Waals surface area contributed by atoms with E-state index in [4.69, 9.17) is 11.6 Å². The summed E-state index contributed by atoms with van der Waals surface area (Å²) in [4.78, 5) is 2.54. The molecule has 0 radical (unpaired) electrons. The molecular formula is C17H27ClN2. The van der Waals surface area contributed by atoms with Gasteiger partial charge in [0.25, 0.3) is 0 Å². The van der Waals surface area contributed by atoms with Crippen molar-refractivity contribution < 1.29 is 0 Å². The van der Waals surface area contributed by atoms with Gasteiger partial charge in [0.2, 0.25) is 0 Å². The minimum atomic E-state index is 0.652. The Morgan fingerprint density at radius 1 is 1.35 bits per heavy atom. The molecule has 0 saturated carbocycles. The first-order chi connectivity index (χ1) is 9.69. The summed E-state index contributed by atoms with van der Waals surface area (Å²) in [5.41, 5.74) is 2.48. The molecule has 20 heavy (non-hydrogen) atoms. The molecule has 0 amide bonds. The summed E-state index contributed by atoms with van der Waals surface area (Å²) < 4.78 is 0. The molecule has 0 aromatic heterocycles. The number of benzene rings is 1. The lowest BCUT2D eigenvalue weighted by Gasteiger charge is -2.30. The van der Waals surface area contributed by atoms with E-state index in [9.17, 15) is 0 Å². The highest BCUT2D eigenvalue weighted by Gasteiger charge is 2.17. The van der Waals surface area contributed by atoms with E-state index in [-0.39, 0.29) is 0 Å². The first-order valence-corrected chi connectivity index (χ1v) is 8.27. The summed E-state index contributed by atoms with van der Waals surface area (Å²) in [6.45, 7) is 8.75. The maximum atomic E-state index is 6.37. The predicted molar refractivity (Wildman–Crippen MR) is 87.4 cm³/mol. The van der Waals surface area contributed by atoms with Crippen LogP contribution < -0.4 is 5.32 Å². The third-order valence-corrected chi connectivity index (χ3v) is 4.39. The average molecular weight is 295 g/mol. The topological polar surface area (TPSA) is 15.3 Å². The van der Waals surface area contributed by atoms with Crippen LogP contribution in [0.3, 0.4) is 0 Å². The van der Waals surface area contributed by atoms with Crippen LogP contribution in [0.4, 0.5) is 0 Å². The zero-order valence-electron chi connectivity index (χ0n) is 12.8. The van der Waals surface area contributed by atoms with Crippen LogP contribution >= 0.6 is 11.6 Å². The zero-order chi connectivity index (χ0) is 14.4. The molecule has 0 aliphatic carbocycles. The fraction of sp³-hybridized carbons (Fsp3) is 0.647. The molecule has 1 aromatic carbocycles. The smallest absolute Gasteiger partial charge is 0.0453 e. The Balaban J connectivity index is 1.96. The van der Waals surface area contributed by atoms with E-state index in [0.29, 0.717) is 6.04 Å². The van der Waals surface area contributed by atoms with Crippen LogP contribution in [0.1, 0.15) is 43.7 Å². The molecular weight excluding hydrogens is 268 g/mol. The molecule has 0 spiro atoms. The number of halogens is 1. The number of rotatable bonds is 6. The van der Waals surface area contributed by atoms with Gasteiger partial charge in [-0.15, -0.1) is 0 Å². The van der Waals surface area contributed by atoms with Crippen LogP contribution in [0.15, 0.2) is 18.2 Å². The first-order valence-electron chi connectivity index (χ1n) is 7.90. The molecule has 1 aliphatic rings. The van der Waals surface area contributed by atoms with E-state index in [1.54, 1.807) is 0 Å². The molecule has 2 nitrogen and oxygen atoms in total. The Morgan fingerprint density at radius 2 is 2.20 bits per heavy atom. The molecule has 2 rings (SSSR count). The minimum absolute atomic E-state index is 0.652. The van der Waals surface area contributed by atoms with Crippen molar-refractivity contribution in [3.8, 4) is 0 Å². The summed E-state index contributed by atoms with van der Waals surface area (Å²) in [5.74, 6) is 0. The number of nitrogens with zero attached hydrogens (tertiary/aromatic N) is 1. The summed E-state index contributed by atoms with van der Waals surface area (Å²) >= 11 is 6.37. The highest BCUT2D eigenvalue weighted by Crippen LogP contribution is 2.20. The number of hydrogen-bond donors (Lipinski definition) is 1. The average Bonchev–Trinajstić information content (AvgIpc) is 2.43. The van der Waals surface area contributed by atoms with Crippen molar-refractivity contribution in [2.45, 2.75) is 52.1 Å². The molecule has 1 N–H and O–H groups in total. The van der Waals surface area contributed by atoms with Crippen LogP contribution in [0.2, 0.25) is 5.02 Å². The van der Waals surface area contributed by atoms with Crippen molar-refractivity contribution in [2.75, 3.05) is 19.6 Å². The van der Waals surface area contributed by atoms with E-state index in [0.717, 1.165) is 24.7 Å². The molecule has 1 fully saturated rings. The largest absolute Gasteiger partial charge is 0.313 e. The summed E-state index contributed by atoms with van der Waals surface area (Å²) in [6, 6.07) is 7.05. The second kappa shape index (κ2) is 8.02. The van der Waals surface area contributed by atoms with Gasteiger partial charge < -0.3 is 5.32 Å². The predicted octanol–water partition coefficient (Wildman–Crippen LogP) is 4.00. The van der Waals surface area contributed by atoms with Gasteiger partial charge in [0.15, 0.2) is 0 Å². The lowest BCUT2D eigenvalue weighted by Crippen LogP contribution is -2.43. The van der Waals surface area contributed by atoms with Gasteiger partial charge in [0, 0.05) is 24.2 Å². The Bertz CT molecular complexity index is 413. The van der Waals surface area contributed by atoms with Crippen molar-refractivity contribution in [1.29, 1.82) is 0 Å². The fourth-order valence-electron chi connectivity index (χ4n) is 2.96. The fourth-order valence-corrected chi connectivity index (χ4v) is 3.26. The molecule has 0 bridgehead atoms. The molecule has 1 aromatic rings. The van der Waals surface area contributed by atoms with Gasteiger partial charge in [-0.25, -0.2) is 0 Å². The third-order valence-electron chi connectivity index (χ3n) is 4.03. The molecule has 112 valence electrons. The summed E-state index contributed by atoms with van der Waals surface area (Å²) in [6.07, 6.45) is 5.19. The second-order valence-electron chi connectivity index (χ2n) is 5.98. The lowest BCUT2D eigenvalue weighted by molar-refractivity contribution is 0.217. The van der Waals surface area contributed by atoms with Gasteiger partial charge in [0.05, 0.1) is 0 Å². The SMILES string of the molecule is CCCN(Cc1ccc(C)cc1Cl)CC1CCCCN1. The first kappa shape index (κ1) is 15.8. The number of nitrogens with one attached hydrogen (secondary N) is 1. The molecule has 1 unspecified atom stereocenters. The zero-order valence-corrected chi connectivity index (χ0v) is 13.5. The third kappa shape index (κ3) is 4.76. The Hall–Kier alpha value is -0.570. The van der Waals surface area contributed by atoms with Crippen LogP contribution in [0, 0.1) is 6.92 Å². The standard InChI is InChI=1S/C17H27ClN2/c1-3-10-20(13-16-6-4-5-9-19-16)12-15-8-7-14(2)11-17(15)18/h7-8,11,16,19H,3-6,9-10,12-13H2,1-2H3. The summed E-state index contributed by atoms with van der Waals surface area (Å²) in [7, 11) is 0. The Morgan fingerprint density at radius 3 is 2.85 bits per heavy atom. The maximum Gasteiger partial charge on any atom is 0.0453 e. The van der Waals surface area contributed by atoms with Gasteiger partial charge in [-0.05, 0) is 56.5 Å². The van der Waals surface area contributed by atoms with Crippen LogP contribution in [0.5, 0.6) is 0 Å². The highest BCUT2D eigenvalue weighted by molar-refractivity contribution is 6.31. The lowest BCUT2D eigenvalue weighted by atomic mass is 10.0. The number of hydrogen-bond acceptors (Lipinski definition) is 2. The molecule has 1 heterocycles. The van der Waals surface area contributed by atoms with Gasteiger partial charge in [-0.2, -0.15) is 0 Å². The highest BCUT2D eigenvalue weighted by atomic mass is 35.5. The maximum absolute atomic E-state index is 6.37. The Labute approximate surface area is 128 Å². The molecule has 1 aliphatic heterocycles. The number of aryl methyl sites for hydroxylation is 1.